The number of thiazole rings is 1. The maximum absolute atomic E-state index is 12.7. The number of nitrogens with one attached hydrogen (secondary N) is 2. The topological polar surface area (TPSA) is 148 Å². The number of hydrogen-bond acceptors (Lipinski definition) is 10. The third-order valence-electron chi connectivity index (χ3n) is 4.44. The smallest absolute Gasteiger partial charge is 0.254 e. The van der Waals surface area contributed by atoms with Crippen LogP contribution in [0.1, 0.15) is 16.1 Å². The van der Waals surface area contributed by atoms with Gasteiger partial charge in [-0.15, -0.1) is 0 Å². The van der Waals surface area contributed by atoms with E-state index in [2.05, 4.69) is 30.6 Å². The molecule has 1 saturated heterocycles. The van der Waals surface area contributed by atoms with Crippen LogP contribution < -0.4 is 22.1 Å². The van der Waals surface area contributed by atoms with E-state index in [1.54, 1.807) is 12.1 Å². The highest BCUT2D eigenvalue weighted by atomic mass is 32.1. The van der Waals surface area contributed by atoms with Crippen molar-refractivity contribution in [3.63, 3.8) is 0 Å². The van der Waals surface area contributed by atoms with Gasteiger partial charge in [0.1, 0.15) is 0 Å². The molecule has 1 aromatic carbocycles. The number of aromatic nitrogens is 4. The van der Waals surface area contributed by atoms with Gasteiger partial charge in [-0.3, -0.25) is 4.79 Å². The first kappa shape index (κ1) is 19.0. The molecule has 0 atom stereocenters. The minimum absolute atomic E-state index is 0.00163. The molecule has 11 heteroatoms. The highest BCUT2D eigenvalue weighted by molar-refractivity contribution is 7.18. The molecule has 3 heterocycles. The zero-order valence-corrected chi connectivity index (χ0v) is 16.7. The normalized spacial score (nSPS) is 14.0. The lowest BCUT2D eigenvalue weighted by Gasteiger charge is -2.27. The van der Waals surface area contributed by atoms with Crippen molar-refractivity contribution in [1.29, 1.82) is 0 Å². The van der Waals surface area contributed by atoms with Crippen LogP contribution in [0.4, 0.5) is 22.7 Å². The molecule has 1 fully saturated rings. The molecule has 6 N–H and O–H groups in total. The summed E-state index contributed by atoms with van der Waals surface area (Å²) in [4.78, 5) is 32.3. The average molecular weight is 411 g/mol. The SMILES string of the molecule is Cc1nc(N)sc1-c1nc(N)nc(Nc2cccc(C(=O)N3CCNCC3)c2)n1. The maximum Gasteiger partial charge on any atom is 0.254 e. The van der Waals surface area contributed by atoms with E-state index in [-0.39, 0.29) is 17.8 Å². The zero-order valence-electron chi connectivity index (χ0n) is 15.8. The molecule has 1 amide bonds. The van der Waals surface area contributed by atoms with Crippen molar-refractivity contribution in [3.8, 4) is 10.7 Å². The Hall–Kier alpha value is -3.31. The van der Waals surface area contributed by atoms with Gasteiger partial charge in [-0.1, -0.05) is 17.4 Å². The van der Waals surface area contributed by atoms with Crippen molar-refractivity contribution in [2.24, 2.45) is 0 Å². The molecule has 3 aromatic rings. The molecule has 0 radical (unpaired) electrons. The number of hydrogen-bond donors (Lipinski definition) is 4. The van der Waals surface area contributed by atoms with Gasteiger partial charge in [-0.05, 0) is 25.1 Å². The molecule has 4 rings (SSSR count). The van der Waals surface area contributed by atoms with E-state index >= 15 is 0 Å². The average Bonchev–Trinajstić information content (AvgIpc) is 3.06. The van der Waals surface area contributed by atoms with Gasteiger partial charge < -0.3 is 27.0 Å². The van der Waals surface area contributed by atoms with Gasteiger partial charge in [-0.25, -0.2) is 4.98 Å². The predicted molar refractivity (Wildman–Crippen MR) is 113 cm³/mol. The molecule has 1 aliphatic heterocycles. The summed E-state index contributed by atoms with van der Waals surface area (Å²) in [6.07, 6.45) is 0. The van der Waals surface area contributed by atoms with E-state index in [1.165, 1.54) is 11.3 Å². The molecule has 0 spiro atoms. The number of nitrogens with zero attached hydrogens (tertiary/aromatic N) is 5. The van der Waals surface area contributed by atoms with Gasteiger partial charge in [0, 0.05) is 37.4 Å². The lowest BCUT2D eigenvalue weighted by Crippen LogP contribution is -2.46. The number of carbonyl (C=O) groups is 1. The highest BCUT2D eigenvalue weighted by Crippen LogP contribution is 2.29. The van der Waals surface area contributed by atoms with E-state index in [9.17, 15) is 4.79 Å². The second-order valence-electron chi connectivity index (χ2n) is 6.56. The van der Waals surface area contributed by atoms with Crippen molar-refractivity contribution in [3.05, 3.63) is 35.5 Å². The summed E-state index contributed by atoms with van der Waals surface area (Å²) in [6.45, 7) is 4.83. The van der Waals surface area contributed by atoms with Crippen LogP contribution in [0.15, 0.2) is 24.3 Å². The Bertz CT molecular complexity index is 1050. The summed E-state index contributed by atoms with van der Waals surface area (Å²) < 4.78 is 0. The minimum atomic E-state index is 0.00163. The van der Waals surface area contributed by atoms with E-state index in [0.717, 1.165) is 23.7 Å². The van der Waals surface area contributed by atoms with Crippen LogP contribution >= 0.6 is 11.3 Å². The quantitative estimate of drug-likeness (QED) is 0.498. The number of amides is 1. The second-order valence-corrected chi connectivity index (χ2v) is 7.59. The molecular weight excluding hydrogens is 390 g/mol. The lowest BCUT2D eigenvalue weighted by molar-refractivity contribution is 0.0736. The molecule has 0 unspecified atom stereocenters. The molecule has 1 aliphatic rings. The summed E-state index contributed by atoms with van der Waals surface area (Å²) in [7, 11) is 0. The Labute approximate surface area is 171 Å². The van der Waals surface area contributed by atoms with E-state index < -0.39 is 0 Å². The molecule has 10 nitrogen and oxygen atoms in total. The maximum atomic E-state index is 12.7. The monoisotopic (exact) mass is 411 g/mol. The Balaban J connectivity index is 1.58. The fraction of sp³-hybridized carbons (Fsp3) is 0.278. The summed E-state index contributed by atoms with van der Waals surface area (Å²) in [5.74, 6) is 0.768. The fourth-order valence-corrected chi connectivity index (χ4v) is 3.85. The third kappa shape index (κ3) is 4.25. The molecule has 0 bridgehead atoms. The zero-order chi connectivity index (χ0) is 20.4. The van der Waals surface area contributed by atoms with Crippen molar-refractivity contribution in [1.82, 2.24) is 30.2 Å². The minimum Gasteiger partial charge on any atom is -0.375 e. The predicted octanol–water partition coefficient (Wildman–Crippen LogP) is 1.26. The van der Waals surface area contributed by atoms with Crippen molar-refractivity contribution < 1.29 is 4.79 Å². The molecule has 150 valence electrons. The Morgan fingerprint density at radius 3 is 2.69 bits per heavy atom. The standard InChI is InChI=1S/C18H21N9OS/c1-10-13(29-17(20)22-10)14-24-16(19)26-18(25-14)23-12-4-2-3-11(9-12)15(28)27-7-5-21-6-8-27/h2-4,9,21H,5-8H2,1H3,(H2,20,22)(H3,19,23,24,25,26). The van der Waals surface area contributed by atoms with E-state index in [1.807, 2.05) is 24.0 Å². The number of aryl methyl sites for hydroxylation is 1. The second kappa shape index (κ2) is 7.97. The van der Waals surface area contributed by atoms with E-state index in [0.29, 0.717) is 35.3 Å². The first-order chi connectivity index (χ1) is 14.0. The van der Waals surface area contributed by atoms with Crippen LogP contribution in [0, 0.1) is 6.92 Å². The van der Waals surface area contributed by atoms with Gasteiger partial charge in [0.15, 0.2) is 11.0 Å². The largest absolute Gasteiger partial charge is 0.375 e. The van der Waals surface area contributed by atoms with Crippen molar-refractivity contribution >= 4 is 40.0 Å². The molecule has 2 aromatic heterocycles. The first-order valence-corrected chi connectivity index (χ1v) is 9.93. The van der Waals surface area contributed by atoms with Gasteiger partial charge in [0.05, 0.1) is 10.6 Å². The number of nitrogens with two attached hydrogens (primary N) is 2. The highest BCUT2D eigenvalue weighted by Gasteiger charge is 2.18. The van der Waals surface area contributed by atoms with Gasteiger partial charge in [0.2, 0.25) is 11.9 Å². The van der Waals surface area contributed by atoms with Crippen LogP contribution in [0.3, 0.4) is 0 Å². The molecule has 29 heavy (non-hydrogen) atoms. The Kier molecular flexibility index (Phi) is 5.23. The summed E-state index contributed by atoms with van der Waals surface area (Å²) in [6, 6.07) is 7.23. The Morgan fingerprint density at radius 1 is 1.17 bits per heavy atom. The fourth-order valence-electron chi connectivity index (χ4n) is 3.08. The number of anilines is 4. The number of benzene rings is 1. The third-order valence-corrected chi connectivity index (χ3v) is 5.42. The first-order valence-electron chi connectivity index (χ1n) is 9.11. The molecule has 0 aliphatic carbocycles. The van der Waals surface area contributed by atoms with Crippen molar-refractivity contribution in [2.45, 2.75) is 6.92 Å². The van der Waals surface area contributed by atoms with Crippen LogP contribution in [-0.2, 0) is 0 Å². The number of piperazine rings is 1. The summed E-state index contributed by atoms with van der Waals surface area (Å²) in [5.41, 5.74) is 13.7. The Morgan fingerprint density at radius 2 is 1.97 bits per heavy atom. The lowest BCUT2D eigenvalue weighted by atomic mass is 10.1. The van der Waals surface area contributed by atoms with Gasteiger partial charge in [0.25, 0.3) is 5.91 Å². The van der Waals surface area contributed by atoms with Gasteiger partial charge >= 0.3 is 0 Å². The molecule has 0 saturated carbocycles. The van der Waals surface area contributed by atoms with E-state index in [4.69, 9.17) is 11.5 Å². The van der Waals surface area contributed by atoms with Gasteiger partial charge in [-0.2, -0.15) is 15.0 Å². The van der Waals surface area contributed by atoms with Crippen LogP contribution in [0.5, 0.6) is 0 Å². The van der Waals surface area contributed by atoms with Crippen LogP contribution in [0.25, 0.3) is 10.7 Å². The van der Waals surface area contributed by atoms with Crippen molar-refractivity contribution in [2.75, 3.05) is 43.0 Å². The number of rotatable bonds is 4. The van der Waals surface area contributed by atoms with Crippen LogP contribution in [-0.4, -0.2) is 56.9 Å². The summed E-state index contributed by atoms with van der Waals surface area (Å²) >= 11 is 1.29. The number of carbonyl (C=O) groups excluding carboxylic acids is 1. The van der Waals surface area contributed by atoms with Crippen LogP contribution in [0.2, 0.25) is 0 Å². The number of nitrogen functional groups attached to an aromatic ring is 2. The molecular formula is C18H21N9OS. The summed E-state index contributed by atoms with van der Waals surface area (Å²) in [5, 5.41) is 6.78.